The maximum atomic E-state index is 12.5. The number of benzene rings is 2. The van der Waals surface area contributed by atoms with Crippen LogP contribution in [0.1, 0.15) is 12.5 Å². The first-order chi connectivity index (χ1) is 11.5. The maximum Gasteiger partial charge on any atom is 0.246 e. The van der Waals surface area contributed by atoms with Gasteiger partial charge in [0.1, 0.15) is 6.04 Å². The summed E-state index contributed by atoms with van der Waals surface area (Å²) in [4.78, 5) is 16.8. The van der Waals surface area contributed by atoms with Crippen molar-refractivity contribution < 1.29 is 4.79 Å². The molecule has 0 saturated carbocycles. The van der Waals surface area contributed by atoms with Gasteiger partial charge in [-0.2, -0.15) is 0 Å². The number of fused-ring (bicyclic) bond motifs is 1. The summed E-state index contributed by atoms with van der Waals surface area (Å²) in [5.41, 5.74) is 3.66. The van der Waals surface area contributed by atoms with Gasteiger partial charge in [0.15, 0.2) is 0 Å². The van der Waals surface area contributed by atoms with Crippen molar-refractivity contribution >= 4 is 44.1 Å². The van der Waals surface area contributed by atoms with Crippen molar-refractivity contribution in [3.05, 3.63) is 64.8 Å². The zero-order valence-corrected chi connectivity index (χ0v) is 15.1. The Morgan fingerprint density at radius 2 is 2.00 bits per heavy atom. The first-order valence-electron chi connectivity index (χ1n) is 7.72. The van der Waals surface area contributed by atoms with Crippen LogP contribution in [0, 0.1) is 6.92 Å². The minimum atomic E-state index is -0.363. The normalized spacial score (nSPS) is 12.0. The lowest BCUT2D eigenvalue weighted by molar-refractivity contribution is -0.116. The van der Waals surface area contributed by atoms with Gasteiger partial charge in [-0.1, -0.05) is 22.0 Å². The van der Waals surface area contributed by atoms with Crippen LogP contribution >= 0.6 is 15.9 Å². The molecule has 4 nitrogen and oxygen atoms in total. The lowest BCUT2D eigenvalue weighted by atomic mass is 10.1. The number of halogens is 1. The molecule has 122 valence electrons. The minimum absolute atomic E-state index is 0.0908. The number of anilines is 2. The fourth-order valence-electron chi connectivity index (χ4n) is 2.50. The molecule has 0 saturated heterocycles. The molecule has 1 heterocycles. The summed E-state index contributed by atoms with van der Waals surface area (Å²) in [5.74, 6) is -0.0908. The van der Waals surface area contributed by atoms with Gasteiger partial charge in [-0.15, -0.1) is 0 Å². The zero-order chi connectivity index (χ0) is 17.1. The molecule has 0 aliphatic carbocycles. The van der Waals surface area contributed by atoms with E-state index in [1.807, 2.05) is 62.4 Å². The summed E-state index contributed by atoms with van der Waals surface area (Å²) in [5, 5.41) is 7.14. The monoisotopic (exact) mass is 383 g/mol. The second-order valence-electron chi connectivity index (χ2n) is 5.69. The number of aryl methyl sites for hydroxylation is 1. The van der Waals surface area contributed by atoms with Gasteiger partial charge >= 0.3 is 0 Å². The van der Waals surface area contributed by atoms with Crippen LogP contribution in [-0.4, -0.2) is 16.9 Å². The predicted molar refractivity (Wildman–Crippen MR) is 102 cm³/mol. The maximum absolute atomic E-state index is 12.5. The van der Waals surface area contributed by atoms with Gasteiger partial charge in [-0.25, -0.2) is 0 Å². The highest BCUT2D eigenvalue weighted by Gasteiger charge is 2.14. The molecule has 0 spiro atoms. The highest BCUT2D eigenvalue weighted by atomic mass is 79.9. The van der Waals surface area contributed by atoms with Gasteiger partial charge in [-0.05, 0) is 61.9 Å². The zero-order valence-electron chi connectivity index (χ0n) is 13.5. The molecule has 1 unspecified atom stereocenters. The number of amides is 1. The Labute approximate surface area is 149 Å². The third kappa shape index (κ3) is 3.57. The van der Waals surface area contributed by atoms with Crippen LogP contribution in [0.2, 0.25) is 0 Å². The number of nitrogens with zero attached hydrogens (tertiary/aromatic N) is 1. The standard InChI is InChI=1S/C19H18BrN3O/c1-12-11-14(8-9-16(12)20)22-13(2)19(24)23-18-7-3-6-17-15(18)5-4-10-21-17/h3-11,13,22H,1-2H3,(H,23,24). The Hall–Kier alpha value is -2.40. The number of hydrogen-bond donors (Lipinski definition) is 2. The van der Waals surface area contributed by atoms with Crippen molar-refractivity contribution in [1.29, 1.82) is 0 Å². The van der Waals surface area contributed by atoms with E-state index in [1.165, 1.54) is 0 Å². The van der Waals surface area contributed by atoms with Crippen LogP contribution < -0.4 is 10.6 Å². The quantitative estimate of drug-likeness (QED) is 0.683. The average molecular weight is 384 g/mol. The fourth-order valence-corrected chi connectivity index (χ4v) is 2.75. The van der Waals surface area contributed by atoms with Crippen molar-refractivity contribution in [2.24, 2.45) is 0 Å². The van der Waals surface area contributed by atoms with Gasteiger partial charge in [-0.3, -0.25) is 9.78 Å². The van der Waals surface area contributed by atoms with E-state index in [9.17, 15) is 4.79 Å². The number of rotatable bonds is 4. The Morgan fingerprint density at radius 3 is 2.79 bits per heavy atom. The van der Waals surface area contributed by atoms with Crippen molar-refractivity contribution in [1.82, 2.24) is 4.98 Å². The first kappa shape index (κ1) is 16.5. The van der Waals surface area contributed by atoms with Crippen LogP contribution in [0.4, 0.5) is 11.4 Å². The van der Waals surface area contributed by atoms with Crippen LogP contribution in [0.5, 0.6) is 0 Å². The van der Waals surface area contributed by atoms with E-state index in [1.54, 1.807) is 6.20 Å². The number of carbonyl (C=O) groups is 1. The largest absolute Gasteiger partial charge is 0.374 e. The van der Waals surface area contributed by atoms with Crippen LogP contribution in [-0.2, 0) is 4.79 Å². The predicted octanol–water partition coefficient (Wildman–Crippen LogP) is 4.74. The van der Waals surface area contributed by atoms with Crippen molar-refractivity contribution in [2.45, 2.75) is 19.9 Å². The third-order valence-electron chi connectivity index (χ3n) is 3.84. The molecule has 24 heavy (non-hydrogen) atoms. The number of pyridine rings is 1. The molecule has 5 heteroatoms. The summed E-state index contributed by atoms with van der Waals surface area (Å²) in [6.45, 7) is 3.86. The van der Waals surface area contributed by atoms with Gasteiger partial charge < -0.3 is 10.6 Å². The smallest absolute Gasteiger partial charge is 0.246 e. The Kier molecular flexibility index (Phi) is 4.81. The van der Waals surface area contributed by atoms with E-state index in [-0.39, 0.29) is 11.9 Å². The number of nitrogens with one attached hydrogen (secondary N) is 2. The van der Waals surface area contributed by atoms with Gasteiger partial charge in [0, 0.05) is 21.7 Å². The van der Waals surface area contributed by atoms with Crippen LogP contribution in [0.25, 0.3) is 10.9 Å². The van der Waals surface area contributed by atoms with E-state index in [2.05, 4.69) is 31.5 Å². The molecule has 3 rings (SSSR count). The van der Waals surface area contributed by atoms with Gasteiger partial charge in [0.25, 0.3) is 0 Å². The molecule has 2 N–H and O–H groups in total. The van der Waals surface area contributed by atoms with E-state index in [0.29, 0.717) is 0 Å². The van der Waals surface area contributed by atoms with Crippen molar-refractivity contribution in [3.63, 3.8) is 0 Å². The lowest BCUT2D eigenvalue weighted by Gasteiger charge is -2.16. The molecule has 1 atom stereocenters. The summed E-state index contributed by atoms with van der Waals surface area (Å²) >= 11 is 3.48. The molecule has 0 aliphatic heterocycles. The number of carbonyl (C=O) groups excluding carboxylic acids is 1. The Morgan fingerprint density at radius 1 is 1.17 bits per heavy atom. The van der Waals surface area contributed by atoms with E-state index >= 15 is 0 Å². The van der Waals surface area contributed by atoms with E-state index in [4.69, 9.17) is 0 Å². The SMILES string of the molecule is Cc1cc(NC(C)C(=O)Nc2cccc3ncccc23)ccc1Br. The van der Waals surface area contributed by atoms with E-state index in [0.717, 1.165) is 32.3 Å². The minimum Gasteiger partial charge on any atom is -0.374 e. The molecule has 0 fully saturated rings. The van der Waals surface area contributed by atoms with Crippen LogP contribution in [0.3, 0.4) is 0 Å². The average Bonchev–Trinajstić information content (AvgIpc) is 2.58. The lowest BCUT2D eigenvalue weighted by Crippen LogP contribution is -2.31. The second kappa shape index (κ2) is 7.01. The summed E-state index contributed by atoms with van der Waals surface area (Å²) < 4.78 is 1.05. The van der Waals surface area contributed by atoms with Crippen molar-refractivity contribution in [2.75, 3.05) is 10.6 Å². The van der Waals surface area contributed by atoms with Crippen LogP contribution in [0.15, 0.2) is 59.2 Å². The summed E-state index contributed by atoms with van der Waals surface area (Å²) in [6, 6.07) is 15.1. The number of hydrogen-bond acceptors (Lipinski definition) is 3. The molecule has 3 aromatic rings. The number of aromatic nitrogens is 1. The molecule has 2 aromatic carbocycles. The molecule has 0 bridgehead atoms. The Bertz CT molecular complexity index is 889. The van der Waals surface area contributed by atoms with Gasteiger partial charge in [0.2, 0.25) is 5.91 Å². The highest BCUT2D eigenvalue weighted by Crippen LogP contribution is 2.23. The summed E-state index contributed by atoms with van der Waals surface area (Å²) in [6.07, 6.45) is 1.74. The van der Waals surface area contributed by atoms with Crippen molar-refractivity contribution in [3.8, 4) is 0 Å². The second-order valence-corrected chi connectivity index (χ2v) is 6.55. The molecule has 1 aromatic heterocycles. The van der Waals surface area contributed by atoms with E-state index < -0.39 is 0 Å². The molecular weight excluding hydrogens is 366 g/mol. The Balaban J connectivity index is 1.75. The highest BCUT2D eigenvalue weighted by molar-refractivity contribution is 9.10. The molecule has 0 radical (unpaired) electrons. The van der Waals surface area contributed by atoms with Gasteiger partial charge in [0.05, 0.1) is 11.2 Å². The molecular formula is C19H18BrN3O. The summed E-state index contributed by atoms with van der Waals surface area (Å²) in [7, 11) is 0. The topological polar surface area (TPSA) is 54.0 Å². The third-order valence-corrected chi connectivity index (χ3v) is 4.73. The first-order valence-corrected chi connectivity index (χ1v) is 8.51. The molecule has 1 amide bonds. The fraction of sp³-hybridized carbons (Fsp3) is 0.158. The molecule has 0 aliphatic rings.